The van der Waals surface area contributed by atoms with E-state index in [9.17, 15) is 14.9 Å². The standard InChI is InChI=1S/C14H18BrN3O3/c1-9-4-5-17(11(6-9)8-16)14(19)12-7-10(18(20)21)2-3-13(12)15/h2-3,7,9,11H,4-6,8,16H2,1H3. The highest BCUT2D eigenvalue weighted by Gasteiger charge is 2.31. The average Bonchev–Trinajstić information content (AvgIpc) is 2.46. The third-order valence-corrected chi connectivity index (χ3v) is 4.59. The largest absolute Gasteiger partial charge is 0.334 e. The first-order valence-electron chi connectivity index (χ1n) is 6.89. The minimum Gasteiger partial charge on any atom is -0.334 e. The van der Waals surface area contributed by atoms with Crippen molar-refractivity contribution in [1.29, 1.82) is 0 Å². The van der Waals surface area contributed by atoms with Gasteiger partial charge >= 0.3 is 0 Å². The van der Waals surface area contributed by atoms with Gasteiger partial charge in [-0.25, -0.2) is 0 Å². The number of carbonyl (C=O) groups is 1. The predicted octanol–water partition coefficient (Wildman–Crippen LogP) is 2.56. The van der Waals surface area contributed by atoms with E-state index in [0.717, 1.165) is 12.8 Å². The molecule has 1 heterocycles. The number of benzene rings is 1. The summed E-state index contributed by atoms with van der Waals surface area (Å²) < 4.78 is 0.562. The molecular weight excluding hydrogens is 338 g/mol. The van der Waals surface area contributed by atoms with Crippen LogP contribution in [0.25, 0.3) is 0 Å². The minimum absolute atomic E-state index is 0.00703. The number of carbonyl (C=O) groups excluding carboxylic acids is 1. The number of hydrogen-bond acceptors (Lipinski definition) is 4. The van der Waals surface area contributed by atoms with Crippen LogP contribution in [0.3, 0.4) is 0 Å². The van der Waals surface area contributed by atoms with Gasteiger partial charge in [0.25, 0.3) is 11.6 Å². The maximum absolute atomic E-state index is 12.7. The number of non-ortho nitro benzene ring substituents is 1. The van der Waals surface area contributed by atoms with E-state index in [2.05, 4.69) is 22.9 Å². The topological polar surface area (TPSA) is 89.5 Å². The zero-order valence-corrected chi connectivity index (χ0v) is 13.4. The summed E-state index contributed by atoms with van der Waals surface area (Å²) in [4.78, 5) is 24.8. The number of nitrogens with two attached hydrogens (primary N) is 1. The van der Waals surface area contributed by atoms with Crippen molar-refractivity contribution in [3.63, 3.8) is 0 Å². The molecule has 2 rings (SSSR count). The summed E-state index contributed by atoms with van der Waals surface area (Å²) in [6.45, 7) is 3.19. The molecule has 0 bridgehead atoms. The van der Waals surface area contributed by atoms with Gasteiger partial charge in [-0.3, -0.25) is 14.9 Å². The van der Waals surface area contributed by atoms with Crippen LogP contribution in [-0.2, 0) is 0 Å². The van der Waals surface area contributed by atoms with Gasteiger partial charge in [-0.15, -0.1) is 0 Å². The second-order valence-electron chi connectivity index (χ2n) is 5.44. The molecule has 2 N–H and O–H groups in total. The number of rotatable bonds is 3. The number of piperidine rings is 1. The molecule has 6 nitrogen and oxygen atoms in total. The molecule has 1 fully saturated rings. The van der Waals surface area contributed by atoms with Crippen molar-refractivity contribution >= 4 is 27.5 Å². The molecule has 1 aliphatic heterocycles. The lowest BCUT2D eigenvalue weighted by Gasteiger charge is -2.38. The van der Waals surface area contributed by atoms with Crippen molar-refractivity contribution in [2.75, 3.05) is 13.1 Å². The van der Waals surface area contributed by atoms with Crippen LogP contribution < -0.4 is 5.73 Å². The van der Waals surface area contributed by atoms with Gasteiger partial charge in [0.1, 0.15) is 0 Å². The smallest absolute Gasteiger partial charge is 0.270 e. The molecule has 0 spiro atoms. The van der Waals surface area contributed by atoms with E-state index in [1.54, 1.807) is 4.90 Å². The summed E-state index contributed by atoms with van der Waals surface area (Å²) >= 11 is 3.30. The Hall–Kier alpha value is -1.47. The fourth-order valence-corrected chi connectivity index (χ4v) is 3.10. The number of likely N-dealkylation sites (tertiary alicyclic amines) is 1. The molecule has 2 unspecified atom stereocenters. The Morgan fingerprint density at radius 1 is 1.57 bits per heavy atom. The van der Waals surface area contributed by atoms with E-state index in [1.165, 1.54) is 18.2 Å². The van der Waals surface area contributed by atoms with Crippen LogP contribution in [-0.4, -0.2) is 34.9 Å². The number of nitrogens with zero attached hydrogens (tertiary/aromatic N) is 2. The van der Waals surface area contributed by atoms with Crippen LogP contribution in [0.5, 0.6) is 0 Å². The third-order valence-electron chi connectivity index (χ3n) is 3.90. The molecule has 1 aromatic rings. The second-order valence-corrected chi connectivity index (χ2v) is 6.29. The Morgan fingerprint density at radius 3 is 2.90 bits per heavy atom. The molecule has 1 aromatic carbocycles. The van der Waals surface area contributed by atoms with Crippen LogP contribution in [0.1, 0.15) is 30.1 Å². The fourth-order valence-electron chi connectivity index (χ4n) is 2.69. The molecule has 1 aliphatic rings. The van der Waals surface area contributed by atoms with Gasteiger partial charge < -0.3 is 10.6 Å². The average molecular weight is 356 g/mol. The molecule has 2 atom stereocenters. The Kier molecular flexibility index (Phi) is 4.95. The first-order chi connectivity index (χ1) is 9.93. The van der Waals surface area contributed by atoms with Gasteiger partial charge in [0.15, 0.2) is 0 Å². The van der Waals surface area contributed by atoms with Crippen molar-refractivity contribution in [2.24, 2.45) is 11.7 Å². The van der Waals surface area contributed by atoms with Crippen LogP contribution in [0.4, 0.5) is 5.69 Å². The maximum Gasteiger partial charge on any atom is 0.270 e. The lowest BCUT2D eigenvalue weighted by Crippen LogP contribution is -2.49. The van der Waals surface area contributed by atoms with Crippen LogP contribution in [0.15, 0.2) is 22.7 Å². The number of nitro benzene ring substituents is 1. The minimum atomic E-state index is -0.498. The molecule has 114 valence electrons. The number of halogens is 1. The molecule has 0 radical (unpaired) electrons. The highest BCUT2D eigenvalue weighted by molar-refractivity contribution is 9.10. The van der Waals surface area contributed by atoms with Gasteiger partial charge in [0.2, 0.25) is 0 Å². The van der Waals surface area contributed by atoms with Crippen molar-refractivity contribution in [3.8, 4) is 0 Å². The van der Waals surface area contributed by atoms with Crippen LogP contribution in [0.2, 0.25) is 0 Å². The lowest BCUT2D eigenvalue weighted by atomic mass is 9.92. The Bertz CT molecular complexity index is 564. The number of hydrogen-bond donors (Lipinski definition) is 1. The van der Waals surface area contributed by atoms with Gasteiger partial charge in [-0.1, -0.05) is 6.92 Å². The normalized spacial score (nSPS) is 22.1. The fraction of sp³-hybridized carbons (Fsp3) is 0.500. The molecule has 21 heavy (non-hydrogen) atoms. The van der Waals surface area contributed by atoms with Gasteiger partial charge in [-0.05, 0) is 40.8 Å². The van der Waals surface area contributed by atoms with Gasteiger partial charge in [0.05, 0.1) is 10.5 Å². The van der Waals surface area contributed by atoms with E-state index in [4.69, 9.17) is 5.73 Å². The molecule has 0 aromatic heterocycles. The second kappa shape index (κ2) is 6.53. The molecule has 0 saturated carbocycles. The third kappa shape index (κ3) is 3.41. The van der Waals surface area contributed by atoms with E-state index in [0.29, 0.717) is 29.0 Å². The Morgan fingerprint density at radius 2 is 2.29 bits per heavy atom. The molecule has 0 aliphatic carbocycles. The molecular formula is C14H18BrN3O3. The van der Waals surface area contributed by atoms with Gasteiger partial charge in [0, 0.05) is 35.7 Å². The van der Waals surface area contributed by atoms with E-state index in [-0.39, 0.29) is 17.6 Å². The quantitative estimate of drug-likeness (QED) is 0.666. The summed E-state index contributed by atoms with van der Waals surface area (Å²) in [7, 11) is 0. The van der Waals surface area contributed by atoms with Crippen molar-refractivity contribution in [3.05, 3.63) is 38.3 Å². The predicted molar refractivity (Wildman–Crippen MR) is 83.1 cm³/mol. The Balaban J connectivity index is 2.30. The van der Waals surface area contributed by atoms with Crippen molar-refractivity contribution < 1.29 is 9.72 Å². The van der Waals surface area contributed by atoms with Crippen LogP contribution >= 0.6 is 15.9 Å². The highest BCUT2D eigenvalue weighted by Crippen LogP contribution is 2.28. The summed E-state index contributed by atoms with van der Waals surface area (Å²) in [6, 6.07) is 4.22. The van der Waals surface area contributed by atoms with Crippen molar-refractivity contribution in [1.82, 2.24) is 4.90 Å². The van der Waals surface area contributed by atoms with E-state index >= 15 is 0 Å². The first kappa shape index (κ1) is 15.9. The zero-order chi connectivity index (χ0) is 15.6. The SMILES string of the molecule is CC1CCN(C(=O)c2cc([N+](=O)[O-])ccc2Br)C(CN)C1. The molecule has 1 amide bonds. The summed E-state index contributed by atoms with van der Waals surface area (Å²) in [6.07, 6.45) is 1.80. The number of nitro groups is 1. The van der Waals surface area contributed by atoms with Crippen molar-refractivity contribution in [2.45, 2.75) is 25.8 Å². The lowest BCUT2D eigenvalue weighted by molar-refractivity contribution is -0.384. The number of amides is 1. The van der Waals surface area contributed by atoms with Crippen LogP contribution in [0, 0.1) is 16.0 Å². The maximum atomic E-state index is 12.7. The van der Waals surface area contributed by atoms with E-state index in [1.807, 2.05) is 0 Å². The summed E-state index contributed by atoms with van der Waals surface area (Å²) in [5.74, 6) is 0.337. The Labute approximate surface area is 131 Å². The first-order valence-corrected chi connectivity index (χ1v) is 7.68. The summed E-state index contributed by atoms with van der Waals surface area (Å²) in [5, 5.41) is 10.9. The molecule has 7 heteroatoms. The zero-order valence-electron chi connectivity index (χ0n) is 11.8. The summed E-state index contributed by atoms with van der Waals surface area (Å²) in [5.41, 5.74) is 6.00. The van der Waals surface area contributed by atoms with Gasteiger partial charge in [-0.2, -0.15) is 0 Å². The van der Waals surface area contributed by atoms with E-state index < -0.39 is 4.92 Å². The molecule has 1 saturated heterocycles. The monoisotopic (exact) mass is 355 g/mol. The highest BCUT2D eigenvalue weighted by atomic mass is 79.9.